The number of carbonyl (C=O) groups is 4. The van der Waals surface area contributed by atoms with Crippen molar-refractivity contribution >= 4 is 23.8 Å². The van der Waals surface area contributed by atoms with Gasteiger partial charge in [-0.1, -0.05) is 36.4 Å². The summed E-state index contributed by atoms with van der Waals surface area (Å²) in [6.45, 7) is 7.01. The third-order valence-corrected chi connectivity index (χ3v) is 8.12. The number of hydrogen-bond donors (Lipinski definition) is 1. The van der Waals surface area contributed by atoms with Gasteiger partial charge in [0.25, 0.3) is 0 Å². The van der Waals surface area contributed by atoms with Crippen molar-refractivity contribution in [2.24, 2.45) is 5.92 Å². The molecular formula is C34H41FN4O6. The van der Waals surface area contributed by atoms with Gasteiger partial charge in [-0.25, -0.2) is 9.18 Å². The van der Waals surface area contributed by atoms with E-state index in [4.69, 9.17) is 9.47 Å². The third kappa shape index (κ3) is 8.40. The van der Waals surface area contributed by atoms with Gasteiger partial charge in [0.2, 0.25) is 17.7 Å². The van der Waals surface area contributed by atoms with Crippen molar-refractivity contribution in [3.05, 3.63) is 77.6 Å². The summed E-state index contributed by atoms with van der Waals surface area (Å²) in [7, 11) is 0. The van der Waals surface area contributed by atoms with E-state index >= 15 is 0 Å². The lowest BCUT2D eigenvalue weighted by atomic mass is 9.95. The van der Waals surface area contributed by atoms with Crippen molar-refractivity contribution in [1.29, 1.82) is 0 Å². The molecule has 45 heavy (non-hydrogen) atoms. The van der Waals surface area contributed by atoms with Gasteiger partial charge in [0, 0.05) is 51.3 Å². The first-order valence-corrected chi connectivity index (χ1v) is 15.4. The largest absolute Gasteiger partial charge is 0.489 e. The average molecular weight is 621 g/mol. The van der Waals surface area contributed by atoms with Gasteiger partial charge in [-0.15, -0.1) is 0 Å². The van der Waals surface area contributed by atoms with Crippen LogP contribution in [0.25, 0.3) is 0 Å². The zero-order valence-corrected chi connectivity index (χ0v) is 26.0. The maximum atomic E-state index is 14.7. The summed E-state index contributed by atoms with van der Waals surface area (Å²) in [4.78, 5) is 58.5. The number of hydrogen-bond acceptors (Lipinski definition) is 6. The smallest absolute Gasteiger partial charge is 0.411 e. The fourth-order valence-electron chi connectivity index (χ4n) is 5.99. The first kappa shape index (κ1) is 32.0. The summed E-state index contributed by atoms with van der Waals surface area (Å²) < 4.78 is 26.1. The maximum Gasteiger partial charge on any atom is 0.411 e. The molecule has 0 aromatic heterocycles. The van der Waals surface area contributed by atoms with E-state index in [-0.39, 0.29) is 56.7 Å². The van der Waals surface area contributed by atoms with Crippen LogP contribution < -0.4 is 10.1 Å². The van der Waals surface area contributed by atoms with Gasteiger partial charge in [-0.2, -0.15) is 0 Å². The lowest BCUT2D eigenvalue weighted by molar-refractivity contribution is -0.143. The standard InChI is InChI=1S/C34H41FN4O6/c1-34(2,3)45-33(43)39-13-12-38(21-23-9-5-4-6-10-23)32(42)29(39)20-27-16-24-15-26(35)19-28(17-24)44-14-8-7-11-37-22-25(18-30(37)40)31(41)36-27/h4-10,15,17,19,25,27,29H,11-14,16,18,20-22H2,1-3H3,(H,36,41)/b8-7-/t25?,27-,29-/m0/s1. The minimum absolute atomic E-state index is 0.0632. The Labute approximate surface area is 263 Å². The molecule has 10 nitrogen and oxygen atoms in total. The van der Waals surface area contributed by atoms with Gasteiger partial charge >= 0.3 is 6.09 Å². The highest BCUT2D eigenvalue weighted by Gasteiger charge is 2.42. The monoisotopic (exact) mass is 620 g/mol. The Balaban J connectivity index is 1.46. The number of ether oxygens (including phenoxy) is 2. The molecule has 0 radical (unpaired) electrons. The van der Waals surface area contributed by atoms with E-state index < -0.39 is 35.5 Å². The summed E-state index contributed by atoms with van der Waals surface area (Å²) >= 11 is 0. The van der Waals surface area contributed by atoms with Crippen LogP contribution in [0, 0.1) is 11.7 Å². The Morgan fingerprint density at radius 3 is 2.58 bits per heavy atom. The summed E-state index contributed by atoms with van der Waals surface area (Å²) in [6, 6.07) is 12.3. The highest BCUT2D eigenvalue weighted by molar-refractivity contribution is 5.90. The molecule has 0 saturated carbocycles. The number of fused-ring (bicyclic) bond motifs is 4. The first-order valence-electron chi connectivity index (χ1n) is 15.4. The van der Waals surface area contributed by atoms with Crippen LogP contribution in [0.1, 0.15) is 44.7 Å². The van der Waals surface area contributed by atoms with Crippen molar-refractivity contribution < 1.29 is 33.0 Å². The normalized spacial score (nSPS) is 23.5. The molecule has 4 amide bonds. The molecule has 1 N–H and O–H groups in total. The predicted molar refractivity (Wildman–Crippen MR) is 165 cm³/mol. The van der Waals surface area contributed by atoms with Gasteiger partial charge in [-0.3, -0.25) is 19.3 Å². The zero-order chi connectivity index (χ0) is 32.1. The van der Waals surface area contributed by atoms with Gasteiger partial charge < -0.3 is 24.6 Å². The van der Waals surface area contributed by atoms with E-state index in [0.29, 0.717) is 30.9 Å². The Bertz CT molecular complexity index is 1440. The number of piperazine rings is 1. The number of nitrogens with one attached hydrogen (secondary N) is 1. The lowest BCUT2D eigenvalue weighted by Gasteiger charge is -2.42. The quantitative estimate of drug-likeness (QED) is 0.523. The number of amides is 4. The summed E-state index contributed by atoms with van der Waals surface area (Å²) in [6.07, 6.45) is 3.24. The molecule has 3 atom stereocenters. The topological polar surface area (TPSA) is 108 Å². The molecule has 0 spiro atoms. The second-order valence-electron chi connectivity index (χ2n) is 12.9. The molecule has 2 aromatic carbocycles. The average Bonchev–Trinajstić information content (AvgIpc) is 3.34. The second kappa shape index (κ2) is 13.7. The SMILES string of the molecule is CC(C)(C)OC(=O)N1CCN(Cc2ccccc2)C(=O)[C@@H]1C[C@@H]1Cc2cc(F)cc(c2)OC/C=C\CN2CC(CC2=O)C(=O)N1. The summed E-state index contributed by atoms with van der Waals surface area (Å²) in [5.41, 5.74) is 0.734. The lowest BCUT2D eigenvalue weighted by Crippen LogP contribution is -2.60. The van der Waals surface area contributed by atoms with E-state index in [1.54, 1.807) is 48.8 Å². The zero-order valence-electron chi connectivity index (χ0n) is 26.0. The molecular weight excluding hydrogens is 579 g/mol. The molecule has 3 aliphatic rings. The van der Waals surface area contributed by atoms with Crippen LogP contribution in [0.4, 0.5) is 9.18 Å². The van der Waals surface area contributed by atoms with E-state index in [9.17, 15) is 23.6 Å². The van der Waals surface area contributed by atoms with Crippen molar-refractivity contribution in [1.82, 2.24) is 20.0 Å². The van der Waals surface area contributed by atoms with Crippen LogP contribution in [-0.2, 0) is 32.1 Å². The molecule has 5 rings (SSSR count). The number of carbonyl (C=O) groups excluding carboxylic acids is 4. The van der Waals surface area contributed by atoms with Gasteiger partial charge in [0.15, 0.2) is 0 Å². The van der Waals surface area contributed by atoms with Gasteiger partial charge in [0.05, 0.1) is 5.92 Å². The summed E-state index contributed by atoms with van der Waals surface area (Å²) in [5, 5.41) is 3.05. The van der Waals surface area contributed by atoms with Gasteiger partial charge in [-0.05, 0) is 62.9 Å². The molecule has 240 valence electrons. The van der Waals surface area contributed by atoms with Crippen molar-refractivity contribution in [2.45, 2.75) is 64.3 Å². The number of nitrogens with zero attached hydrogens (tertiary/aromatic N) is 3. The molecule has 3 heterocycles. The number of halogens is 1. The molecule has 3 aliphatic heterocycles. The third-order valence-electron chi connectivity index (χ3n) is 8.12. The Hall–Kier alpha value is -4.41. The minimum Gasteiger partial charge on any atom is -0.489 e. The van der Waals surface area contributed by atoms with Crippen LogP contribution >= 0.6 is 0 Å². The molecule has 1 unspecified atom stereocenters. The molecule has 4 bridgehead atoms. The predicted octanol–water partition coefficient (Wildman–Crippen LogP) is 3.69. The van der Waals surface area contributed by atoms with Crippen LogP contribution in [0.15, 0.2) is 60.7 Å². The highest BCUT2D eigenvalue weighted by Crippen LogP contribution is 2.26. The van der Waals surface area contributed by atoms with E-state index in [0.717, 1.165) is 5.56 Å². The molecule has 2 aromatic rings. The minimum atomic E-state index is -0.945. The Morgan fingerprint density at radius 1 is 1.04 bits per heavy atom. The van der Waals surface area contributed by atoms with Crippen LogP contribution in [0.2, 0.25) is 0 Å². The van der Waals surface area contributed by atoms with E-state index in [1.165, 1.54) is 17.0 Å². The van der Waals surface area contributed by atoms with Crippen molar-refractivity contribution in [3.63, 3.8) is 0 Å². The van der Waals surface area contributed by atoms with E-state index in [2.05, 4.69) is 5.32 Å². The fraction of sp³-hybridized carbons (Fsp3) is 0.471. The summed E-state index contributed by atoms with van der Waals surface area (Å²) in [5.74, 6) is -1.45. The first-order chi connectivity index (χ1) is 21.4. The maximum absolute atomic E-state index is 14.7. The molecule has 2 saturated heterocycles. The Morgan fingerprint density at radius 2 is 1.82 bits per heavy atom. The fourth-order valence-corrected chi connectivity index (χ4v) is 5.99. The van der Waals surface area contributed by atoms with Gasteiger partial charge in [0.1, 0.15) is 29.8 Å². The number of rotatable bonds is 4. The van der Waals surface area contributed by atoms with Crippen LogP contribution in [0.3, 0.4) is 0 Å². The highest BCUT2D eigenvalue weighted by atomic mass is 19.1. The van der Waals surface area contributed by atoms with Crippen molar-refractivity contribution in [2.75, 3.05) is 32.8 Å². The molecule has 0 aliphatic carbocycles. The molecule has 2 fully saturated rings. The van der Waals surface area contributed by atoms with Crippen molar-refractivity contribution in [3.8, 4) is 5.75 Å². The molecule has 11 heteroatoms. The number of benzene rings is 2. The van der Waals surface area contributed by atoms with Crippen LogP contribution in [-0.4, -0.2) is 89.0 Å². The second-order valence-corrected chi connectivity index (χ2v) is 12.9. The van der Waals surface area contributed by atoms with E-state index in [1.807, 2.05) is 30.3 Å². The van der Waals surface area contributed by atoms with Crippen LogP contribution in [0.5, 0.6) is 5.75 Å². The Kier molecular flexibility index (Phi) is 9.74.